The number of aromatic nitrogens is 1. The average Bonchev–Trinajstić information content (AvgIpc) is 2.65. The summed E-state index contributed by atoms with van der Waals surface area (Å²) in [4.78, 5) is 15.9. The highest BCUT2D eigenvalue weighted by molar-refractivity contribution is 7.79. The summed E-state index contributed by atoms with van der Waals surface area (Å²) < 4.78 is 0.596. The summed E-state index contributed by atoms with van der Waals surface area (Å²) in [6.45, 7) is 0. The minimum atomic E-state index is 0.117. The fraction of sp³-hybridized carbons (Fsp3) is 0.667. The number of anilines is 1. The van der Waals surface area contributed by atoms with Crippen molar-refractivity contribution in [2.75, 3.05) is 5.32 Å². The molecule has 15 heavy (non-hydrogen) atoms. The number of carbonyl (C=O) groups excluding carboxylic acids is 1. The Balaban J connectivity index is 1.93. The summed E-state index contributed by atoms with van der Waals surface area (Å²) in [5.41, 5.74) is 0. The molecule has 0 bridgehead atoms. The Labute approximate surface area is 101 Å². The topological polar surface area (TPSA) is 42.0 Å². The first-order valence-electron chi connectivity index (χ1n) is 5.04. The molecule has 1 aliphatic rings. The normalized spacial score (nSPS) is 17.6. The van der Waals surface area contributed by atoms with Crippen LogP contribution in [0.15, 0.2) is 0 Å². The molecule has 1 aromatic rings. The van der Waals surface area contributed by atoms with Gasteiger partial charge in [0.25, 0.3) is 0 Å². The molecular weight excluding hydrogens is 248 g/mol. The maximum atomic E-state index is 11.8. The van der Waals surface area contributed by atoms with Crippen LogP contribution >= 0.6 is 32.9 Å². The lowest BCUT2D eigenvalue weighted by molar-refractivity contribution is -0.120. The molecule has 0 spiro atoms. The molecule has 3 nitrogen and oxygen atoms in total. The predicted octanol–water partition coefficient (Wildman–Crippen LogP) is 3.45. The zero-order chi connectivity index (χ0) is 10.7. The van der Waals surface area contributed by atoms with Gasteiger partial charge in [-0.3, -0.25) is 4.79 Å². The van der Waals surface area contributed by atoms with Crippen molar-refractivity contribution in [3.63, 3.8) is 0 Å². The van der Waals surface area contributed by atoms with Crippen LogP contribution in [-0.2, 0) is 4.79 Å². The molecule has 0 radical (unpaired) electrons. The Morgan fingerprint density at radius 1 is 1.33 bits per heavy atom. The van der Waals surface area contributed by atoms with Gasteiger partial charge >= 0.3 is 0 Å². The highest BCUT2D eigenvalue weighted by atomic mass is 32.9. The highest BCUT2D eigenvalue weighted by Gasteiger charge is 2.21. The van der Waals surface area contributed by atoms with Crippen LogP contribution in [0, 0.1) is 9.87 Å². The molecule has 1 N–H and O–H groups in total. The first kappa shape index (κ1) is 11.2. The number of nitrogens with one attached hydrogen (secondary N) is 1. The molecule has 0 saturated heterocycles. The molecule has 1 amide bonds. The molecule has 0 unspecified atom stereocenters. The van der Waals surface area contributed by atoms with Crippen LogP contribution in [0.2, 0.25) is 0 Å². The number of amides is 1. The number of nitrogens with zero attached hydrogens (tertiary/aromatic N) is 1. The molecule has 1 saturated carbocycles. The van der Waals surface area contributed by atoms with Gasteiger partial charge in [0.15, 0.2) is 3.95 Å². The lowest BCUT2D eigenvalue weighted by Crippen LogP contribution is -2.24. The van der Waals surface area contributed by atoms with Gasteiger partial charge in [0.1, 0.15) is 0 Å². The van der Waals surface area contributed by atoms with E-state index in [2.05, 4.69) is 10.3 Å². The Kier molecular flexibility index (Phi) is 3.82. The van der Waals surface area contributed by atoms with E-state index in [0.717, 1.165) is 12.8 Å². The Morgan fingerprint density at radius 3 is 2.67 bits per heavy atom. The van der Waals surface area contributed by atoms with Gasteiger partial charge in [-0.2, -0.15) is 4.98 Å². The van der Waals surface area contributed by atoms with Crippen molar-refractivity contribution in [2.45, 2.75) is 32.1 Å². The van der Waals surface area contributed by atoms with Crippen LogP contribution < -0.4 is 5.32 Å². The van der Waals surface area contributed by atoms with Crippen molar-refractivity contribution in [1.29, 1.82) is 0 Å². The van der Waals surface area contributed by atoms with Gasteiger partial charge in [-0.15, -0.1) is 0 Å². The third-order valence-electron chi connectivity index (χ3n) is 2.59. The molecule has 1 fully saturated rings. The number of hydrogen-bond donors (Lipinski definition) is 1. The van der Waals surface area contributed by atoms with Crippen LogP contribution in [-0.4, -0.2) is 10.9 Å². The van der Waals surface area contributed by atoms with Crippen molar-refractivity contribution < 1.29 is 4.79 Å². The zero-order valence-corrected chi connectivity index (χ0v) is 10.6. The SMILES string of the molecule is O=C(Nc1nc(=S)ss1)C1CCCCC1. The fourth-order valence-corrected chi connectivity index (χ4v) is 3.68. The van der Waals surface area contributed by atoms with Crippen molar-refractivity contribution >= 4 is 43.9 Å². The predicted molar refractivity (Wildman–Crippen MR) is 66.0 cm³/mol. The Bertz CT molecular complexity index is 392. The van der Waals surface area contributed by atoms with Gasteiger partial charge in [0.2, 0.25) is 11.0 Å². The molecule has 0 aliphatic heterocycles. The highest BCUT2D eigenvalue weighted by Crippen LogP contribution is 2.26. The number of rotatable bonds is 2. The first-order valence-corrected chi connectivity index (χ1v) is 7.59. The average molecular weight is 260 g/mol. The summed E-state index contributed by atoms with van der Waals surface area (Å²) >= 11 is 4.91. The van der Waals surface area contributed by atoms with Gasteiger partial charge in [-0.1, -0.05) is 19.3 Å². The molecule has 0 aromatic carbocycles. The van der Waals surface area contributed by atoms with E-state index in [1.54, 1.807) is 0 Å². The minimum absolute atomic E-state index is 0.117. The maximum Gasteiger partial charge on any atom is 0.229 e. The van der Waals surface area contributed by atoms with Gasteiger partial charge in [0.05, 0.1) is 0 Å². The second-order valence-electron chi connectivity index (χ2n) is 3.67. The quantitative estimate of drug-likeness (QED) is 0.654. The summed E-state index contributed by atoms with van der Waals surface area (Å²) in [7, 11) is 2.86. The first-order chi connectivity index (χ1) is 7.25. The van der Waals surface area contributed by atoms with Crippen LogP contribution in [0.4, 0.5) is 5.13 Å². The lowest BCUT2D eigenvalue weighted by Gasteiger charge is -2.19. The van der Waals surface area contributed by atoms with E-state index in [9.17, 15) is 4.79 Å². The standard InChI is InChI=1S/C9H12N2OS3/c12-7(6-4-2-1-3-5-6)10-8-11-9(13)15-14-8/h6H,1-5H2,(H,10,11,12,13). The molecule has 0 atom stereocenters. The van der Waals surface area contributed by atoms with E-state index in [1.807, 2.05) is 0 Å². The molecular formula is C9H12N2OS3. The van der Waals surface area contributed by atoms with Crippen LogP contribution in [0.25, 0.3) is 0 Å². The molecule has 6 heteroatoms. The second-order valence-corrected chi connectivity index (χ2v) is 6.43. The summed E-state index contributed by atoms with van der Waals surface area (Å²) in [5.74, 6) is 0.299. The fourth-order valence-electron chi connectivity index (χ4n) is 1.82. The van der Waals surface area contributed by atoms with Crippen molar-refractivity contribution in [2.24, 2.45) is 5.92 Å². The summed E-state index contributed by atoms with van der Waals surface area (Å²) in [5, 5.41) is 3.50. The minimum Gasteiger partial charge on any atom is -0.301 e. The number of hydrogen-bond acceptors (Lipinski definition) is 5. The van der Waals surface area contributed by atoms with Crippen LogP contribution in [0.1, 0.15) is 32.1 Å². The molecule has 1 aliphatic carbocycles. The molecule has 1 heterocycles. The van der Waals surface area contributed by atoms with Crippen molar-refractivity contribution in [1.82, 2.24) is 4.98 Å². The van der Waals surface area contributed by atoms with Gasteiger partial charge in [-0.25, -0.2) is 0 Å². The van der Waals surface area contributed by atoms with E-state index in [1.165, 1.54) is 39.9 Å². The van der Waals surface area contributed by atoms with Gasteiger partial charge in [0, 0.05) is 5.92 Å². The van der Waals surface area contributed by atoms with Crippen LogP contribution in [0.5, 0.6) is 0 Å². The Morgan fingerprint density at radius 2 is 2.07 bits per heavy atom. The van der Waals surface area contributed by atoms with Gasteiger partial charge in [-0.05, 0) is 45.7 Å². The molecule has 1 aromatic heterocycles. The summed E-state index contributed by atoms with van der Waals surface area (Å²) in [6, 6.07) is 0. The molecule has 2 rings (SSSR count). The van der Waals surface area contributed by atoms with Crippen molar-refractivity contribution in [3.8, 4) is 0 Å². The van der Waals surface area contributed by atoms with Crippen LogP contribution in [0.3, 0.4) is 0 Å². The van der Waals surface area contributed by atoms with E-state index >= 15 is 0 Å². The summed E-state index contributed by atoms with van der Waals surface area (Å²) in [6.07, 6.45) is 5.64. The smallest absolute Gasteiger partial charge is 0.229 e. The third kappa shape index (κ3) is 3.06. The van der Waals surface area contributed by atoms with E-state index in [-0.39, 0.29) is 11.8 Å². The largest absolute Gasteiger partial charge is 0.301 e. The number of carbonyl (C=O) groups is 1. The van der Waals surface area contributed by atoms with E-state index in [4.69, 9.17) is 12.2 Å². The maximum absolute atomic E-state index is 11.8. The van der Waals surface area contributed by atoms with Gasteiger partial charge < -0.3 is 5.32 Å². The van der Waals surface area contributed by atoms with E-state index in [0.29, 0.717) is 9.09 Å². The zero-order valence-electron chi connectivity index (χ0n) is 8.19. The Hall–Kier alpha value is -0.330. The lowest BCUT2D eigenvalue weighted by atomic mass is 9.89. The monoisotopic (exact) mass is 260 g/mol. The molecule has 82 valence electrons. The third-order valence-corrected chi connectivity index (χ3v) is 5.11. The van der Waals surface area contributed by atoms with E-state index < -0.39 is 0 Å². The second kappa shape index (κ2) is 5.14. The van der Waals surface area contributed by atoms with Crippen molar-refractivity contribution in [3.05, 3.63) is 3.95 Å².